The lowest BCUT2D eigenvalue weighted by molar-refractivity contribution is -0.134. The van der Waals surface area contributed by atoms with Crippen LogP contribution in [0.4, 0.5) is 0 Å². The number of aliphatic carboxylic acids is 1. The van der Waals surface area contributed by atoms with Crippen LogP contribution in [0.25, 0.3) is 0 Å². The van der Waals surface area contributed by atoms with Crippen LogP contribution in [0.5, 0.6) is 0 Å². The summed E-state index contributed by atoms with van der Waals surface area (Å²) in [6.07, 6.45) is 2.64. The molecule has 2 N–H and O–H groups in total. The fourth-order valence-electron chi connectivity index (χ4n) is 0.911. The summed E-state index contributed by atoms with van der Waals surface area (Å²) in [6, 6.07) is 0. The molecule has 0 rings (SSSR count). The minimum absolute atomic E-state index is 0.0571. The van der Waals surface area contributed by atoms with Gasteiger partial charge in [-0.3, -0.25) is 4.79 Å². The van der Waals surface area contributed by atoms with Crippen LogP contribution in [-0.2, 0) is 9.59 Å². The topological polar surface area (TPSA) is 66.4 Å². The van der Waals surface area contributed by atoms with E-state index in [1.54, 1.807) is 6.92 Å². The fraction of sp³-hybridized carbons (Fsp3) is 0.600. The van der Waals surface area contributed by atoms with Gasteiger partial charge in [-0.1, -0.05) is 26.3 Å². The van der Waals surface area contributed by atoms with Gasteiger partial charge in [0.05, 0.1) is 0 Å². The van der Waals surface area contributed by atoms with E-state index in [9.17, 15) is 9.59 Å². The SMILES string of the molecule is CC=C(NC(=O)CC(C)CC)C(=O)O. The molecule has 14 heavy (non-hydrogen) atoms. The summed E-state index contributed by atoms with van der Waals surface area (Å²) in [7, 11) is 0. The first-order chi connectivity index (χ1) is 6.51. The molecule has 1 amide bonds. The van der Waals surface area contributed by atoms with Crippen molar-refractivity contribution in [1.82, 2.24) is 5.32 Å². The molecule has 0 heterocycles. The largest absolute Gasteiger partial charge is 0.477 e. The van der Waals surface area contributed by atoms with Crippen molar-refractivity contribution in [3.8, 4) is 0 Å². The van der Waals surface area contributed by atoms with Gasteiger partial charge in [0.2, 0.25) is 5.91 Å². The van der Waals surface area contributed by atoms with Gasteiger partial charge in [0.1, 0.15) is 5.70 Å². The number of hydrogen-bond donors (Lipinski definition) is 2. The summed E-state index contributed by atoms with van der Waals surface area (Å²) in [6.45, 7) is 5.52. The zero-order valence-electron chi connectivity index (χ0n) is 8.83. The highest BCUT2D eigenvalue weighted by molar-refractivity contribution is 5.92. The third-order valence-electron chi connectivity index (χ3n) is 2.02. The van der Waals surface area contributed by atoms with Crippen LogP contribution in [0, 0.1) is 5.92 Å². The minimum Gasteiger partial charge on any atom is -0.477 e. The molecule has 1 unspecified atom stereocenters. The normalized spacial score (nSPS) is 13.5. The van der Waals surface area contributed by atoms with Gasteiger partial charge in [-0.2, -0.15) is 0 Å². The lowest BCUT2D eigenvalue weighted by Gasteiger charge is -2.08. The second kappa shape index (κ2) is 6.18. The molecule has 80 valence electrons. The first kappa shape index (κ1) is 12.7. The van der Waals surface area contributed by atoms with E-state index in [4.69, 9.17) is 5.11 Å². The average molecular weight is 199 g/mol. The quantitative estimate of drug-likeness (QED) is 0.660. The summed E-state index contributed by atoms with van der Waals surface area (Å²) >= 11 is 0. The van der Waals surface area contributed by atoms with Gasteiger partial charge in [0, 0.05) is 6.42 Å². The number of hydrogen-bond acceptors (Lipinski definition) is 2. The number of nitrogens with one attached hydrogen (secondary N) is 1. The second-order valence-electron chi connectivity index (χ2n) is 3.27. The van der Waals surface area contributed by atoms with Crippen molar-refractivity contribution in [3.63, 3.8) is 0 Å². The highest BCUT2D eigenvalue weighted by atomic mass is 16.4. The molecule has 0 saturated carbocycles. The van der Waals surface area contributed by atoms with Crippen molar-refractivity contribution < 1.29 is 14.7 Å². The predicted molar refractivity (Wildman–Crippen MR) is 53.6 cm³/mol. The lowest BCUT2D eigenvalue weighted by Crippen LogP contribution is -2.28. The fourth-order valence-corrected chi connectivity index (χ4v) is 0.911. The van der Waals surface area contributed by atoms with Crippen LogP contribution in [0.2, 0.25) is 0 Å². The molecule has 0 bridgehead atoms. The Hall–Kier alpha value is -1.32. The van der Waals surface area contributed by atoms with Gasteiger partial charge < -0.3 is 10.4 Å². The summed E-state index contributed by atoms with van der Waals surface area (Å²) in [5.74, 6) is -1.07. The van der Waals surface area contributed by atoms with Gasteiger partial charge in [0.15, 0.2) is 0 Å². The smallest absolute Gasteiger partial charge is 0.352 e. The zero-order chi connectivity index (χ0) is 11.1. The van der Waals surface area contributed by atoms with E-state index in [1.807, 2.05) is 13.8 Å². The Morgan fingerprint density at radius 3 is 2.43 bits per heavy atom. The number of amides is 1. The van der Waals surface area contributed by atoms with E-state index in [-0.39, 0.29) is 17.5 Å². The van der Waals surface area contributed by atoms with Crippen LogP contribution >= 0.6 is 0 Å². The van der Waals surface area contributed by atoms with Gasteiger partial charge in [0.25, 0.3) is 0 Å². The van der Waals surface area contributed by atoms with E-state index in [0.29, 0.717) is 6.42 Å². The first-order valence-electron chi connectivity index (χ1n) is 4.70. The summed E-state index contributed by atoms with van der Waals surface area (Å²) < 4.78 is 0. The number of carbonyl (C=O) groups excluding carboxylic acids is 1. The van der Waals surface area contributed by atoms with Gasteiger partial charge in [-0.15, -0.1) is 0 Å². The van der Waals surface area contributed by atoms with E-state index in [2.05, 4.69) is 5.32 Å². The molecule has 0 radical (unpaired) electrons. The Kier molecular flexibility index (Phi) is 5.60. The van der Waals surface area contributed by atoms with Crippen LogP contribution in [0.15, 0.2) is 11.8 Å². The highest BCUT2D eigenvalue weighted by Gasteiger charge is 2.12. The van der Waals surface area contributed by atoms with Crippen LogP contribution in [0.1, 0.15) is 33.6 Å². The van der Waals surface area contributed by atoms with Gasteiger partial charge in [-0.25, -0.2) is 4.79 Å². The van der Waals surface area contributed by atoms with Crippen molar-refractivity contribution in [2.24, 2.45) is 5.92 Å². The van der Waals surface area contributed by atoms with Crippen LogP contribution < -0.4 is 5.32 Å². The molecule has 0 aromatic heterocycles. The Morgan fingerprint density at radius 2 is 2.07 bits per heavy atom. The molecule has 0 aliphatic rings. The maximum Gasteiger partial charge on any atom is 0.352 e. The maximum atomic E-state index is 11.3. The van der Waals surface area contributed by atoms with Crippen molar-refractivity contribution in [1.29, 1.82) is 0 Å². The third kappa shape index (κ3) is 4.64. The number of allylic oxidation sites excluding steroid dienone is 1. The highest BCUT2D eigenvalue weighted by Crippen LogP contribution is 2.06. The second-order valence-corrected chi connectivity index (χ2v) is 3.27. The molecular formula is C10H17NO3. The molecule has 0 spiro atoms. The van der Waals surface area contributed by atoms with Crippen molar-refractivity contribution in [2.75, 3.05) is 0 Å². The zero-order valence-corrected chi connectivity index (χ0v) is 8.83. The molecule has 0 aromatic carbocycles. The maximum absolute atomic E-state index is 11.3. The monoisotopic (exact) mass is 199 g/mol. The third-order valence-corrected chi connectivity index (χ3v) is 2.02. The number of rotatable bonds is 5. The Balaban J connectivity index is 4.12. The number of carboxylic acid groups (broad SMARTS) is 1. The van der Waals surface area contributed by atoms with E-state index in [0.717, 1.165) is 6.42 Å². The standard InChI is InChI=1S/C10H17NO3/c1-4-7(3)6-9(12)11-8(5-2)10(13)14/h5,7H,4,6H2,1-3H3,(H,11,12)(H,13,14). The minimum atomic E-state index is -1.11. The Bertz CT molecular complexity index is 246. The molecule has 4 nitrogen and oxygen atoms in total. The molecule has 0 fully saturated rings. The summed E-state index contributed by atoms with van der Waals surface area (Å²) in [4.78, 5) is 21.8. The lowest BCUT2D eigenvalue weighted by atomic mass is 10.1. The van der Waals surface area contributed by atoms with Gasteiger partial charge >= 0.3 is 5.97 Å². The predicted octanol–water partition coefficient (Wildman–Crippen LogP) is 1.53. The molecule has 0 aliphatic heterocycles. The van der Waals surface area contributed by atoms with E-state index in [1.165, 1.54) is 6.08 Å². The van der Waals surface area contributed by atoms with Gasteiger partial charge in [-0.05, 0) is 12.8 Å². The van der Waals surface area contributed by atoms with E-state index < -0.39 is 5.97 Å². The Morgan fingerprint density at radius 1 is 1.50 bits per heavy atom. The molecule has 1 atom stereocenters. The molecule has 4 heteroatoms. The average Bonchev–Trinajstić information content (AvgIpc) is 2.13. The summed E-state index contributed by atoms with van der Waals surface area (Å²) in [5.41, 5.74) is -0.0571. The first-order valence-corrected chi connectivity index (χ1v) is 4.70. The van der Waals surface area contributed by atoms with Crippen molar-refractivity contribution in [2.45, 2.75) is 33.6 Å². The number of carbonyl (C=O) groups is 2. The van der Waals surface area contributed by atoms with Crippen molar-refractivity contribution >= 4 is 11.9 Å². The summed E-state index contributed by atoms with van der Waals surface area (Å²) in [5, 5.41) is 11.0. The van der Waals surface area contributed by atoms with Crippen LogP contribution in [0.3, 0.4) is 0 Å². The molecule has 0 aliphatic carbocycles. The molecular weight excluding hydrogens is 182 g/mol. The Labute approximate surface area is 84.0 Å². The molecule has 0 saturated heterocycles. The van der Waals surface area contributed by atoms with Crippen LogP contribution in [-0.4, -0.2) is 17.0 Å². The molecule has 0 aromatic rings. The van der Waals surface area contributed by atoms with E-state index >= 15 is 0 Å². The number of carboxylic acids is 1. The van der Waals surface area contributed by atoms with Crippen molar-refractivity contribution in [3.05, 3.63) is 11.8 Å².